The Hall–Kier alpha value is -0.970. The number of hydrogen-bond acceptors (Lipinski definition) is 4. The summed E-state index contributed by atoms with van der Waals surface area (Å²) in [5.41, 5.74) is 1.22. The normalized spacial score (nSPS) is 12.9. The average molecular weight is 237 g/mol. The summed E-state index contributed by atoms with van der Waals surface area (Å²) < 4.78 is 5.13. The smallest absolute Gasteiger partial charge is 0.0615 e. The van der Waals surface area contributed by atoms with Crippen molar-refractivity contribution < 1.29 is 4.74 Å². The van der Waals surface area contributed by atoms with E-state index in [1.807, 2.05) is 12.3 Å². The summed E-state index contributed by atoms with van der Waals surface area (Å²) in [5.74, 6) is 0. The molecule has 1 atom stereocenters. The van der Waals surface area contributed by atoms with Gasteiger partial charge in [0.05, 0.1) is 6.61 Å². The first-order chi connectivity index (χ1) is 8.24. The molecule has 0 amide bonds. The Balaban J connectivity index is 2.12. The van der Waals surface area contributed by atoms with Crippen LogP contribution in [-0.2, 0) is 11.3 Å². The van der Waals surface area contributed by atoms with Gasteiger partial charge in [-0.05, 0) is 25.6 Å². The highest BCUT2D eigenvalue weighted by molar-refractivity contribution is 5.07. The molecule has 1 rings (SSSR count). The molecular formula is C13H23N3O. The average Bonchev–Trinajstić information content (AvgIpc) is 2.36. The number of aromatic nitrogens is 1. The second-order valence-corrected chi connectivity index (χ2v) is 4.32. The minimum atomic E-state index is 0.459. The Bertz CT molecular complexity index is 292. The fourth-order valence-corrected chi connectivity index (χ4v) is 1.58. The molecule has 1 N–H and O–H groups in total. The van der Waals surface area contributed by atoms with Gasteiger partial charge < -0.3 is 15.0 Å². The van der Waals surface area contributed by atoms with Crippen LogP contribution in [0.1, 0.15) is 12.5 Å². The third-order valence-corrected chi connectivity index (χ3v) is 2.85. The number of hydrogen-bond donors (Lipinski definition) is 1. The molecule has 96 valence electrons. The molecule has 0 saturated heterocycles. The predicted octanol–water partition coefficient (Wildman–Crippen LogP) is 1.14. The van der Waals surface area contributed by atoms with E-state index in [4.69, 9.17) is 4.74 Å². The summed E-state index contributed by atoms with van der Waals surface area (Å²) in [4.78, 5) is 6.38. The van der Waals surface area contributed by atoms with Crippen molar-refractivity contribution in [1.82, 2.24) is 15.2 Å². The Morgan fingerprint density at radius 3 is 3.00 bits per heavy atom. The van der Waals surface area contributed by atoms with Crippen LogP contribution >= 0.6 is 0 Å². The van der Waals surface area contributed by atoms with Gasteiger partial charge >= 0.3 is 0 Å². The highest BCUT2D eigenvalue weighted by Gasteiger charge is 2.07. The number of pyridine rings is 1. The van der Waals surface area contributed by atoms with Crippen LogP contribution in [0.4, 0.5) is 0 Å². The van der Waals surface area contributed by atoms with E-state index < -0.39 is 0 Å². The fourth-order valence-electron chi connectivity index (χ4n) is 1.58. The first kappa shape index (κ1) is 14.1. The van der Waals surface area contributed by atoms with Crippen molar-refractivity contribution in [2.75, 3.05) is 33.9 Å². The van der Waals surface area contributed by atoms with Crippen molar-refractivity contribution in [2.24, 2.45) is 0 Å². The lowest BCUT2D eigenvalue weighted by atomic mass is 10.3. The van der Waals surface area contributed by atoms with Crippen molar-refractivity contribution >= 4 is 0 Å². The zero-order chi connectivity index (χ0) is 12.5. The van der Waals surface area contributed by atoms with Crippen LogP contribution in [0.15, 0.2) is 24.5 Å². The van der Waals surface area contributed by atoms with Crippen LogP contribution in [0, 0.1) is 0 Å². The lowest BCUT2D eigenvalue weighted by molar-refractivity contribution is 0.116. The summed E-state index contributed by atoms with van der Waals surface area (Å²) in [7, 11) is 3.86. The molecule has 1 aromatic rings. The lowest BCUT2D eigenvalue weighted by Crippen LogP contribution is -2.37. The highest BCUT2D eigenvalue weighted by Crippen LogP contribution is 1.96. The van der Waals surface area contributed by atoms with Gasteiger partial charge in [-0.1, -0.05) is 6.07 Å². The zero-order valence-corrected chi connectivity index (χ0v) is 11.0. The minimum Gasteiger partial charge on any atom is -0.383 e. The van der Waals surface area contributed by atoms with Crippen molar-refractivity contribution in [3.63, 3.8) is 0 Å². The number of rotatable bonds is 8. The lowest BCUT2D eigenvalue weighted by Gasteiger charge is -2.23. The second-order valence-electron chi connectivity index (χ2n) is 4.32. The molecule has 1 unspecified atom stereocenters. The Kier molecular flexibility index (Phi) is 6.77. The quantitative estimate of drug-likeness (QED) is 0.688. The number of nitrogens with one attached hydrogen (secondary N) is 1. The maximum Gasteiger partial charge on any atom is 0.0615 e. The standard InChI is InChI=1S/C13H23N3O/c1-12(11-17-3)16(2)8-7-15-10-13-5-4-6-14-9-13/h4-6,9,12,15H,7-8,10-11H2,1-3H3. The van der Waals surface area contributed by atoms with Gasteiger partial charge in [0.1, 0.15) is 0 Å². The number of nitrogens with zero attached hydrogens (tertiary/aromatic N) is 2. The van der Waals surface area contributed by atoms with Crippen molar-refractivity contribution in [2.45, 2.75) is 19.5 Å². The van der Waals surface area contributed by atoms with E-state index in [-0.39, 0.29) is 0 Å². The zero-order valence-electron chi connectivity index (χ0n) is 11.0. The van der Waals surface area contributed by atoms with E-state index >= 15 is 0 Å². The van der Waals surface area contributed by atoms with Gasteiger partial charge in [-0.25, -0.2) is 0 Å². The van der Waals surface area contributed by atoms with Crippen LogP contribution < -0.4 is 5.32 Å². The van der Waals surface area contributed by atoms with Crippen molar-refractivity contribution in [3.8, 4) is 0 Å². The molecule has 4 nitrogen and oxygen atoms in total. The summed E-state index contributed by atoms with van der Waals surface area (Å²) in [6.45, 7) is 5.81. The monoisotopic (exact) mass is 237 g/mol. The van der Waals surface area contributed by atoms with Gasteiger partial charge in [0.2, 0.25) is 0 Å². The van der Waals surface area contributed by atoms with Gasteiger partial charge in [0.15, 0.2) is 0 Å². The Morgan fingerprint density at radius 2 is 2.35 bits per heavy atom. The number of ether oxygens (including phenoxy) is 1. The van der Waals surface area contributed by atoms with E-state index in [0.717, 1.165) is 26.2 Å². The molecule has 17 heavy (non-hydrogen) atoms. The van der Waals surface area contributed by atoms with Crippen LogP contribution in [0.2, 0.25) is 0 Å². The summed E-state index contributed by atoms with van der Waals surface area (Å²) in [6.07, 6.45) is 3.69. The molecule has 1 heterocycles. The molecule has 0 radical (unpaired) electrons. The van der Waals surface area contributed by atoms with Crippen molar-refractivity contribution in [1.29, 1.82) is 0 Å². The van der Waals surface area contributed by atoms with Crippen LogP contribution in [-0.4, -0.2) is 49.8 Å². The van der Waals surface area contributed by atoms with Gasteiger partial charge in [0.25, 0.3) is 0 Å². The number of likely N-dealkylation sites (N-methyl/N-ethyl adjacent to an activating group) is 1. The maximum absolute atomic E-state index is 5.13. The third-order valence-electron chi connectivity index (χ3n) is 2.85. The van der Waals surface area contributed by atoms with Crippen molar-refractivity contribution in [3.05, 3.63) is 30.1 Å². The van der Waals surface area contributed by atoms with Crippen LogP contribution in [0.5, 0.6) is 0 Å². The van der Waals surface area contributed by atoms with Crippen LogP contribution in [0.25, 0.3) is 0 Å². The maximum atomic E-state index is 5.13. The second kappa shape index (κ2) is 8.17. The Labute approximate surface area is 104 Å². The van der Waals surface area contributed by atoms with E-state index in [0.29, 0.717) is 6.04 Å². The largest absolute Gasteiger partial charge is 0.383 e. The molecule has 4 heteroatoms. The SMILES string of the molecule is COCC(C)N(C)CCNCc1cccnc1. The number of methoxy groups -OCH3 is 1. The van der Waals surface area contributed by atoms with Gasteiger partial charge in [-0.3, -0.25) is 4.98 Å². The van der Waals surface area contributed by atoms with Gasteiger partial charge in [-0.15, -0.1) is 0 Å². The Morgan fingerprint density at radius 1 is 1.53 bits per heavy atom. The third kappa shape index (κ3) is 5.77. The van der Waals surface area contributed by atoms with E-state index in [1.165, 1.54) is 5.56 Å². The molecule has 1 aromatic heterocycles. The van der Waals surface area contributed by atoms with Crippen LogP contribution in [0.3, 0.4) is 0 Å². The molecule has 0 aromatic carbocycles. The molecular weight excluding hydrogens is 214 g/mol. The molecule has 0 aliphatic heterocycles. The van der Waals surface area contributed by atoms with E-state index in [9.17, 15) is 0 Å². The van der Waals surface area contributed by atoms with Gasteiger partial charge in [0, 0.05) is 45.2 Å². The first-order valence-corrected chi connectivity index (χ1v) is 6.03. The molecule has 0 fully saturated rings. The summed E-state index contributed by atoms with van der Waals surface area (Å²) in [5, 5.41) is 3.41. The van der Waals surface area contributed by atoms with Gasteiger partial charge in [-0.2, -0.15) is 0 Å². The van der Waals surface area contributed by atoms with E-state index in [2.05, 4.69) is 35.2 Å². The molecule has 0 aliphatic rings. The molecule has 0 saturated carbocycles. The predicted molar refractivity (Wildman–Crippen MR) is 69.9 cm³/mol. The summed E-state index contributed by atoms with van der Waals surface area (Å²) >= 11 is 0. The topological polar surface area (TPSA) is 37.4 Å². The van der Waals surface area contributed by atoms with E-state index in [1.54, 1.807) is 13.3 Å². The minimum absolute atomic E-state index is 0.459. The first-order valence-electron chi connectivity index (χ1n) is 6.03. The molecule has 0 bridgehead atoms. The fraction of sp³-hybridized carbons (Fsp3) is 0.615. The molecule has 0 spiro atoms. The summed E-state index contributed by atoms with van der Waals surface area (Å²) in [6, 6.07) is 4.50. The molecule has 0 aliphatic carbocycles. The highest BCUT2D eigenvalue weighted by atomic mass is 16.5.